The fraction of sp³-hybridized carbons (Fsp3) is 0.0769. The van der Waals surface area contributed by atoms with Gasteiger partial charge in [-0.2, -0.15) is 0 Å². The molecular formula is C13H11NO2. The summed E-state index contributed by atoms with van der Waals surface area (Å²) in [6, 6.07) is 8.43. The van der Waals surface area contributed by atoms with Crippen molar-refractivity contribution in [2.45, 2.75) is 6.92 Å². The lowest BCUT2D eigenvalue weighted by atomic mass is 10.0. The molecule has 3 nitrogen and oxygen atoms in total. The molecule has 0 saturated heterocycles. The predicted octanol–water partition coefficient (Wildman–Crippen LogP) is 2.58. The Kier molecular flexibility index (Phi) is 2.68. The molecule has 0 radical (unpaired) electrons. The van der Waals surface area contributed by atoms with Gasteiger partial charge in [-0.1, -0.05) is 0 Å². The van der Waals surface area contributed by atoms with E-state index in [2.05, 4.69) is 4.98 Å². The molecule has 0 spiro atoms. The molecule has 1 aromatic carbocycles. The van der Waals surface area contributed by atoms with E-state index in [1.807, 2.05) is 6.92 Å². The minimum absolute atomic E-state index is 0.198. The number of carbonyl (C=O) groups is 1. The van der Waals surface area contributed by atoms with E-state index in [-0.39, 0.29) is 5.75 Å². The number of aryl methyl sites for hydroxylation is 1. The molecule has 1 aromatic heterocycles. The van der Waals surface area contributed by atoms with Gasteiger partial charge in [0, 0.05) is 17.3 Å². The van der Waals surface area contributed by atoms with Gasteiger partial charge in [-0.3, -0.25) is 9.78 Å². The molecule has 80 valence electrons. The van der Waals surface area contributed by atoms with Crippen molar-refractivity contribution in [3.63, 3.8) is 0 Å². The van der Waals surface area contributed by atoms with Gasteiger partial charge in [-0.15, -0.1) is 0 Å². The van der Waals surface area contributed by atoms with Crippen molar-refractivity contribution in [3.05, 3.63) is 47.7 Å². The van der Waals surface area contributed by atoms with E-state index in [1.54, 1.807) is 36.5 Å². The summed E-state index contributed by atoms with van der Waals surface area (Å²) in [5, 5.41) is 9.19. The second-order valence-electron chi connectivity index (χ2n) is 3.55. The molecule has 0 bridgehead atoms. The van der Waals surface area contributed by atoms with Crippen LogP contribution in [0.15, 0.2) is 36.5 Å². The van der Waals surface area contributed by atoms with Crippen molar-refractivity contribution in [2.24, 2.45) is 0 Å². The average molecular weight is 213 g/mol. The van der Waals surface area contributed by atoms with E-state index in [0.29, 0.717) is 11.3 Å². The van der Waals surface area contributed by atoms with Gasteiger partial charge in [0.25, 0.3) is 0 Å². The first-order valence-electron chi connectivity index (χ1n) is 4.92. The first-order chi connectivity index (χ1) is 7.72. The Balaban J connectivity index is 2.59. The number of hydrogen-bond donors (Lipinski definition) is 1. The number of aromatic hydroxyl groups is 1. The van der Waals surface area contributed by atoms with Gasteiger partial charge in [0.1, 0.15) is 5.75 Å². The Morgan fingerprint density at radius 2 is 1.88 bits per heavy atom. The predicted molar refractivity (Wildman–Crippen MR) is 61.5 cm³/mol. The largest absolute Gasteiger partial charge is 0.508 e. The van der Waals surface area contributed by atoms with Gasteiger partial charge in [0.05, 0.1) is 5.69 Å². The van der Waals surface area contributed by atoms with Crippen LogP contribution in [-0.2, 0) is 0 Å². The SMILES string of the molecule is Cc1ccnc(-c2ccc(O)cc2)c1C=O. The maximum absolute atomic E-state index is 11.0. The molecule has 0 atom stereocenters. The Labute approximate surface area is 93.4 Å². The van der Waals surface area contributed by atoms with Crippen molar-refractivity contribution in [1.82, 2.24) is 4.98 Å². The fourth-order valence-electron chi connectivity index (χ4n) is 1.57. The smallest absolute Gasteiger partial charge is 0.152 e. The van der Waals surface area contributed by atoms with Gasteiger partial charge in [0.2, 0.25) is 0 Å². The third kappa shape index (κ3) is 1.80. The Hall–Kier alpha value is -2.16. The van der Waals surface area contributed by atoms with Crippen LogP contribution in [0.25, 0.3) is 11.3 Å². The highest BCUT2D eigenvalue weighted by molar-refractivity contribution is 5.87. The van der Waals surface area contributed by atoms with Crippen molar-refractivity contribution in [2.75, 3.05) is 0 Å². The zero-order chi connectivity index (χ0) is 11.5. The number of benzene rings is 1. The summed E-state index contributed by atoms with van der Waals surface area (Å²) >= 11 is 0. The molecule has 0 saturated carbocycles. The monoisotopic (exact) mass is 213 g/mol. The van der Waals surface area contributed by atoms with Crippen LogP contribution in [0.2, 0.25) is 0 Å². The first kappa shape index (κ1) is 10.4. The molecule has 16 heavy (non-hydrogen) atoms. The van der Waals surface area contributed by atoms with Crippen molar-refractivity contribution in [1.29, 1.82) is 0 Å². The normalized spacial score (nSPS) is 10.1. The molecule has 3 heteroatoms. The molecule has 0 unspecified atom stereocenters. The number of hydrogen-bond acceptors (Lipinski definition) is 3. The fourth-order valence-corrected chi connectivity index (χ4v) is 1.57. The Bertz CT molecular complexity index is 518. The van der Waals surface area contributed by atoms with Gasteiger partial charge in [0.15, 0.2) is 6.29 Å². The summed E-state index contributed by atoms with van der Waals surface area (Å²) in [5.41, 5.74) is 2.96. The summed E-state index contributed by atoms with van der Waals surface area (Å²) in [4.78, 5) is 15.2. The lowest BCUT2D eigenvalue weighted by Crippen LogP contribution is -1.94. The number of phenolic OH excluding ortho intramolecular Hbond substituents is 1. The maximum atomic E-state index is 11.0. The van der Waals surface area contributed by atoms with Crippen LogP contribution < -0.4 is 0 Å². The number of pyridine rings is 1. The summed E-state index contributed by atoms with van der Waals surface area (Å²) in [5.74, 6) is 0.198. The minimum Gasteiger partial charge on any atom is -0.508 e. The minimum atomic E-state index is 0.198. The lowest BCUT2D eigenvalue weighted by Gasteiger charge is -2.06. The van der Waals surface area contributed by atoms with Crippen LogP contribution in [0, 0.1) is 6.92 Å². The third-order valence-corrected chi connectivity index (χ3v) is 2.47. The zero-order valence-electron chi connectivity index (χ0n) is 8.84. The van der Waals surface area contributed by atoms with E-state index in [4.69, 9.17) is 0 Å². The number of aromatic nitrogens is 1. The van der Waals surface area contributed by atoms with E-state index < -0.39 is 0 Å². The van der Waals surface area contributed by atoms with Gasteiger partial charge in [-0.05, 0) is 42.8 Å². The summed E-state index contributed by atoms with van der Waals surface area (Å²) in [6.07, 6.45) is 2.48. The average Bonchev–Trinajstić information content (AvgIpc) is 2.30. The maximum Gasteiger partial charge on any atom is 0.152 e. The zero-order valence-corrected chi connectivity index (χ0v) is 8.84. The number of phenols is 1. The molecule has 2 aromatic rings. The molecule has 1 N–H and O–H groups in total. The van der Waals surface area contributed by atoms with Crippen LogP contribution in [0.3, 0.4) is 0 Å². The van der Waals surface area contributed by atoms with Gasteiger partial charge in [-0.25, -0.2) is 0 Å². The van der Waals surface area contributed by atoms with Crippen LogP contribution >= 0.6 is 0 Å². The molecule has 0 aliphatic heterocycles. The standard InChI is InChI=1S/C13H11NO2/c1-9-6-7-14-13(12(9)8-15)10-2-4-11(16)5-3-10/h2-8,16H,1H3. The summed E-state index contributed by atoms with van der Waals surface area (Å²) in [7, 11) is 0. The third-order valence-electron chi connectivity index (χ3n) is 2.47. The van der Waals surface area contributed by atoms with Crippen molar-refractivity contribution in [3.8, 4) is 17.0 Å². The number of aldehydes is 1. The van der Waals surface area contributed by atoms with Gasteiger partial charge < -0.3 is 5.11 Å². The molecule has 0 fully saturated rings. The van der Waals surface area contributed by atoms with Crippen LogP contribution in [-0.4, -0.2) is 16.4 Å². The van der Waals surface area contributed by atoms with Crippen molar-refractivity contribution < 1.29 is 9.90 Å². The highest BCUT2D eigenvalue weighted by Gasteiger charge is 2.08. The molecule has 0 aliphatic carbocycles. The molecule has 1 heterocycles. The number of nitrogens with zero attached hydrogens (tertiary/aromatic N) is 1. The van der Waals surface area contributed by atoms with Crippen LogP contribution in [0.5, 0.6) is 5.75 Å². The van der Waals surface area contributed by atoms with Gasteiger partial charge >= 0.3 is 0 Å². The molecule has 2 rings (SSSR count). The van der Waals surface area contributed by atoms with Crippen LogP contribution in [0.4, 0.5) is 0 Å². The topological polar surface area (TPSA) is 50.2 Å². The highest BCUT2D eigenvalue weighted by atomic mass is 16.3. The quantitative estimate of drug-likeness (QED) is 0.780. The van der Waals surface area contributed by atoms with E-state index >= 15 is 0 Å². The summed E-state index contributed by atoms with van der Waals surface area (Å²) < 4.78 is 0. The van der Waals surface area contributed by atoms with E-state index in [1.165, 1.54) is 0 Å². The molecular weight excluding hydrogens is 202 g/mol. The Morgan fingerprint density at radius 3 is 2.50 bits per heavy atom. The summed E-state index contributed by atoms with van der Waals surface area (Å²) in [6.45, 7) is 1.87. The molecule has 0 aliphatic rings. The second-order valence-corrected chi connectivity index (χ2v) is 3.55. The van der Waals surface area contributed by atoms with Crippen molar-refractivity contribution >= 4 is 6.29 Å². The molecule has 0 amide bonds. The van der Waals surface area contributed by atoms with E-state index in [0.717, 1.165) is 17.4 Å². The lowest BCUT2D eigenvalue weighted by molar-refractivity contribution is 0.112. The second kappa shape index (κ2) is 4.14. The van der Waals surface area contributed by atoms with Crippen LogP contribution in [0.1, 0.15) is 15.9 Å². The highest BCUT2D eigenvalue weighted by Crippen LogP contribution is 2.24. The number of carbonyl (C=O) groups excluding carboxylic acids is 1. The van der Waals surface area contributed by atoms with E-state index in [9.17, 15) is 9.90 Å². The first-order valence-corrected chi connectivity index (χ1v) is 4.92. The Morgan fingerprint density at radius 1 is 1.19 bits per heavy atom. The number of rotatable bonds is 2.